The van der Waals surface area contributed by atoms with Crippen molar-refractivity contribution in [1.82, 2.24) is 0 Å². The summed E-state index contributed by atoms with van der Waals surface area (Å²) < 4.78 is 0. The third-order valence-corrected chi connectivity index (χ3v) is 8.00. The predicted molar refractivity (Wildman–Crippen MR) is 153 cm³/mol. The monoisotopic (exact) mass is 481 g/mol. The van der Waals surface area contributed by atoms with E-state index in [0.717, 1.165) is 24.0 Å². The fourth-order valence-electron chi connectivity index (χ4n) is 4.35. The maximum absolute atomic E-state index is 11.0. The Hall–Kier alpha value is -3.09. The van der Waals surface area contributed by atoms with Crippen molar-refractivity contribution in [1.29, 1.82) is 0 Å². The number of nitrogens with zero attached hydrogens (tertiary/aromatic N) is 1. The fraction of sp³-hybridized carbons (Fsp3) is 0.250. The van der Waals surface area contributed by atoms with Gasteiger partial charge >= 0.3 is 0 Å². The largest absolute Gasteiger partial charge is 0.507 e. The molecule has 0 saturated carbocycles. The molecule has 0 aliphatic heterocycles. The van der Waals surface area contributed by atoms with Gasteiger partial charge in [0, 0.05) is 29.4 Å². The molecule has 0 aliphatic rings. The lowest BCUT2D eigenvalue weighted by molar-refractivity contribution is 0.474. The Morgan fingerprint density at radius 1 is 0.714 bits per heavy atom. The molecule has 0 radical (unpaired) electrons. The van der Waals surface area contributed by atoms with Crippen LogP contribution in [-0.4, -0.2) is 5.11 Å². The van der Waals surface area contributed by atoms with Crippen molar-refractivity contribution >= 4 is 24.9 Å². The van der Waals surface area contributed by atoms with Gasteiger partial charge in [0.1, 0.15) is 5.75 Å². The van der Waals surface area contributed by atoms with Crippen molar-refractivity contribution in [3.63, 3.8) is 0 Å². The highest BCUT2D eigenvalue weighted by Gasteiger charge is 2.20. The van der Waals surface area contributed by atoms with E-state index in [1.54, 1.807) is 0 Å². The average molecular weight is 482 g/mol. The van der Waals surface area contributed by atoms with Crippen molar-refractivity contribution in [2.24, 2.45) is 0 Å². The van der Waals surface area contributed by atoms with Crippen LogP contribution in [0.2, 0.25) is 0 Å². The van der Waals surface area contributed by atoms with Crippen molar-refractivity contribution in [3.05, 3.63) is 119 Å². The van der Waals surface area contributed by atoms with E-state index in [-0.39, 0.29) is 5.41 Å². The predicted octanol–water partition coefficient (Wildman–Crippen LogP) is 7.14. The number of phenols is 1. The van der Waals surface area contributed by atoms with Gasteiger partial charge in [-0.25, -0.2) is 0 Å². The maximum atomic E-state index is 11.0. The highest BCUT2D eigenvalue weighted by molar-refractivity contribution is 7.56. The Balaban J connectivity index is 1.78. The van der Waals surface area contributed by atoms with E-state index in [0.29, 0.717) is 14.3 Å². The molecule has 0 bridgehead atoms. The number of aromatic hydroxyl groups is 1. The van der Waals surface area contributed by atoms with E-state index in [4.69, 9.17) is 0 Å². The summed E-state index contributed by atoms with van der Waals surface area (Å²) in [7, 11) is 0.368. The smallest absolute Gasteiger partial charge is 0.126 e. The molecule has 2 nitrogen and oxygen atoms in total. The van der Waals surface area contributed by atoms with Gasteiger partial charge in [0.2, 0.25) is 0 Å². The topological polar surface area (TPSA) is 23.5 Å². The van der Waals surface area contributed by atoms with E-state index >= 15 is 0 Å². The SMILES string of the molecule is Cc1cc(C(C)(C)C)cc(Pc2c(C)cccc2N(Cc2ccccc2)Cc2ccccc2)c1O. The zero-order valence-corrected chi connectivity index (χ0v) is 22.5. The lowest BCUT2D eigenvalue weighted by Crippen LogP contribution is -2.27. The molecule has 0 aliphatic carbocycles. The molecular weight excluding hydrogens is 445 g/mol. The van der Waals surface area contributed by atoms with E-state index in [1.807, 2.05) is 6.92 Å². The maximum Gasteiger partial charge on any atom is 0.126 e. The van der Waals surface area contributed by atoms with Crippen LogP contribution < -0.4 is 15.5 Å². The Kier molecular flexibility index (Phi) is 7.63. The molecule has 3 heteroatoms. The average Bonchev–Trinajstić information content (AvgIpc) is 2.83. The first-order chi connectivity index (χ1) is 16.7. The Bertz CT molecular complexity index is 1230. The molecule has 4 aromatic carbocycles. The van der Waals surface area contributed by atoms with Crippen molar-refractivity contribution in [2.75, 3.05) is 4.90 Å². The number of aryl methyl sites for hydroxylation is 2. The van der Waals surface area contributed by atoms with Gasteiger partial charge in [-0.05, 0) is 59.2 Å². The van der Waals surface area contributed by atoms with Gasteiger partial charge in [0.15, 0.2) is 0 Å². The van der Waals surface area contributed by atoms with Gasteiger partial charge in [0.25, 0.3) is 0 Å². The standard InChI is InChI=1S/C32H36NOP/c1-23-13-12-18-28(31(23)35-29-20-27(32(3,4)5)19-24(2)30(29)34)33(21-25-14-8-6-9-15-25)22-26-16-10-7-11-17-26/h6-20,34-35H,21-22H2,1-5H3. The Labute approximate surface area is 212 Å². The Morgan fingerprint density at radius 3 is 1.83 bits per heavy atom. The number of benzene rings is 4. The fourth-order valence-corrected chi connectivity index (χ4v) is 5.82. The molecule has 0 amide bonds. The van der Waals surface area contributed by atoms with Gasteiger partial charge in [-0.3, -0.25) is 0 Å². The van der Waals surface area contributed by atoms with Crippen molar-refractivity contribution in [2.45, 2.75) is 53.1 Å². The molecule has 1 N–H and O–H groups in total. The summed E-state index contributed by atoms with van der Waals surface area (Å²) in [6.07, 6.45) is 0. The first-order valence-electron chi connectivity index (χ1n) is 12.3. The third-order valence-electron chi connectivity index (χ3n) is 6.45. The summed E-state index contributed by atoms with van der Waals surface area (Å²) in [5.74, 6) is 0.420. The number of hydrogen-bond donors (Lipinski definition) is 1. The lowest BCUT2D eigenvalue weighted by Gasteiger charge is -2.29. The second-order valence-corrected chi connectivity index (χ2v) is 11.6. The van der Waals surface area contributed by atoms with E-state index in [1.165, 1.54) is 33.2 Å². The number of phenolic OH excluding ortho intramolecular Hbond substituents is 1. The van der Waals surface area contributed by atoms with Crippen LogP contribution in [0.15, 0.2) is 91.0 Å². The zero-order chi connectivity index (χ0) is 25.0. The second-order valence-electron chi connectivity index (χ2n) is 10.4. The summed E-state index contributed by atoms with van der Waals surface area (Å²) in [6, 6.07) is 32.2. The summed E-state index contributed by atoms with van der Waals surface area (Å²) >= 11 is 0. The molecule has 0 spiro atoms. The molecule has 180 valence electrons. The van der Waals surface area contributed by atoms with Crippen LogP contribution in [0.5, 0.6) is 5.75 Å². The summed E-state index contributed by atoms with van der Waals surface area (Å²) in [5, 5.41) is 13.3. The van der Waals surface area contributed by atoms with Crippen LogP contribution in [0.1, 0.15) is 48.6 Å². The van der Waals surface area contributed by atoms with Crippen LogP contribution in [0.4, 0.5) is 5.69 Å². The zero-order valence-electron chi connectivity index (χ0n) is 21.5. The van der Waals surface area contributed by atoms with E-state index < -0.39 is 0 Å². The van der Waals surface area contributed by atoms with Gasteiger partial charge in [-0.2, -0.15) is 0 Å². The number of hydrogen-bond acceptors (Lipinski definition) is 2. The molecule has 35 heavy (non-hydrogen) atoms. The minimum Gasteiger partial charge on any atom is -0.507 e. The van der Waals surface area contributed by atoms with Crippen molar-refractivity contribution < 1.29 is 5.11 Å². The van der Waals surface area contributed by atoms with Gasteiger partial charge in [-0.15, -0.1) is 0 Å². The highest BCUT2D eigenvalue weighted by atomic mass is 31.1. The van der Waals surface area contributed by atoms with Gasteiger partial charge in [0.05, 0.1) is 0 Å². The minimum atomic E-state index is 0.0267. The molecule has 0 aromatic heterocycles. The molecule has 0 fully saturated rings. The molecule has 0 heterocycles. The van der Waals surface area contributed by atoms with Gasteiger partial charge < -0.3 is 10.0 Å². The van der Waals surface area contributed by atoms with Crippen LogP contribution in [0.25, 0.3) is 0 Å². The molecular formula is C32H36NOP. The molecule has 4 rings (SSSR count). The Morgan fingerprint density at radius 2 is 1.29 bits per heavy atom. The van der Waals surface area contributed by atoms with Crippen molar-refractivity contribution in [3.8, 4) is 5.75 Å². The number of rotatable bonds is 7. The minimum absolute atomic E-state index is 0.0267. The van der Waals surface area contributed by atoms with E-state index in [2.05, 4.69) is 124 Å². The number of anilines is 1. The normalized spacial score (nSPS) is 11.8. The first-order valence-corrected chi connectivity index (χ1v) is 13.3. The first kappa shape index (κ1) is 25.0. The van der Waals surface area contributed by atoms with E-state index in [9.17, 15) is 5.11 Å². The van der Waals surface area contributed by atoms with Crippen LogP contribution >= 0.6 is 8.58 Å². The molecule has 4 aromatic rings. The van der Waals surface area contributed by atoms with Crippen LogP contribution in [0, 0.1) is 13.8 Å². The molecule has 1 unspecified atom stereocenters. The third kappa shape index (κ3) is 6.13. The highest BCUT2D eigenvalue weighted by Crippen LogP contribution is 2.33. The summed E-state index contributed by atoms with van der Waals surface area (Å²) in [5.41, 5.74) is 7.29. The lowest BCUT2D eigenvalue weighted by atomic mass is 9.86. The molecule has 1 atom stereocenters. The molecule has 0 saturated heterocycles. The second kappa shape index (κ2) is 10.7. The van der Waals surface area contributed by atoms with Gasteiger partial charge in [-0.1, -0.05) is 108 Å². The quantitative estimate of drug-likeness (QED) is 0.284. The van der Waals surface area contributed by atoms with Crippen LogP contribution in [0.3, 0.4) is 0 Å². The summed E-state index contributed by atoms with van der Waals surface area (Å²) in [4.78, 5) is 2.47. The summed E-state index contributed by atoms with van der Waals surface area (Å²) in [6.45, 7) is 12.5. The van der Waals surface area contributed by atoms with Crippen LogP contribution in [-0.2, 0) is 18.5 Å².